The predicted octanol–water partition coefficient (Wildman–Crippen LogP) is 5.77. The van der Waals surface area contributed by atoms with E-state index in [4.69, 9.17) is 12.2 Å². The average molecular weight is 391 g/mol. The Labute approximate surface area is 170 Å². The van der Waals surface area contributed by atoms with Gasteiger partial charge in [0.1, 0.15) is 0 Å². The summed E-state index contributed by atoms with van der Waals surface area (Å²) < 4.78 is 0.429. The molecule has 4 heteroatoms. The Morgan fingerprint density at radius 1 is 0.929 bits per heavy atom. The van der Waals surface area contributed by atoms with Crippen LogP contribution in [0.4, 0.5) is 0 Å². The van der Waals surface area contributed by atoms with Crippen molar-refractivity contribution in [3.05, 3.63) is 97.7 Å². The second kappa shape index (κ2) is 8.27. The lowest BCUT2D eigenvalue weighted by molar-refractivity contribution is 0.389. The molecule has 1 heterocycles. The fourth-order valence-corrected chi connectivity index (χ4v) is 4.72. The maximum Gasteiger partial charge on any atom is 0.255 e. The standard InChI is InChI=1S/C24H26N2OS/c1-16-6-5-7-17(14-16)15-21-22(25-24(28)26-23(21)27)20-12-10-19(11-13-20)18-8-3-2-4-9-18/h2-9,14,19-20H,10-13,15H2,1H3,(H2,25,26,27,28). The Morgan fingerprint density at radius 3 is 2.36 bits per heavy atom. The number of hydrogen-bond acceptors (Lipinski definition) is 2. The minimum atomic E-state index is -0.0505. The molecule has 0 unspecified atom stereocenters. The van der Waals surface area contributed by atoms with Crippen molar-refractivity contribution in [2.24, 2.45) is 0 Å². The quantitative estimate of drug-likeness (QED) is 0.555. The first kappa shape index (κ1) is 18.9. The summed E-state index contributed by atoms with van der Waals surface area (Å²) in [5.74, 6) is 0.978. The summed E-state index contributed by atoms with van der Waals surface area (Å²) in [6, 6.07) is 19.1. The predicted molar refractivity (Wildman–Crippen MR) is 117 cm³/mol. The highest BCUT2D eigenvalue weighted by atomic mass is 32.1. The average Bonchev–Trinajstić information content (AvgIpc) is 2.71. The van der Waals surface area contributed by atoms with E-state index in [-0.39, 0.29) is 5.56 Å². The molecule has 1 fully saturated rings. The van der Waals surface area contributed by atoms with Crippen molar-refractivity contribution >= 4 is 12.2 Å². The fraction of sp³-hybridized carbons (Fsp3) is 0.333. The van der Waals surface area contributed by atoms with Crippen LogP contribution in [0.15, 0.2) is 59.4 Å². The summed E-state index contributed by atoms with van der Waals surface area (Å²) in [5, 5.41) is 0. The molecular weight excluding hydrogens is 364 g/mol. The van der Waals surface area contributed by atoms with Crippen LogP contribution in [0.2, 0.25) is 0 Å². The molecule has 144 valence electrons. The molecule has 1 aliphatic rings. The second-order valence-corrected chi connectivity index (χ2v) is 8.33. The monoisotopic (exact) mass is 390 g/mol. The minimum absolute atomic E-state index is 0.0505. The number of nitrogens with one attached hydrogen (secondary N) is 2. The van der Waals surface area contributed by atoms with E-state index in [9.17, 15) is 4.79 Å². The number of benzene rings is 2. The van der Waals surface area contributed by atoms with Gasteiger partial charge in [-0.3, -0.25) is 9.78 Å². The topological polar surface area (TPSA) is 48.6 Å². The van der Waals surface area contributed by atoms with Crippen molar-refractivity contribution in [3.63, 3.8) is 0 Å². The van der Waals surface area contributed by atoms with Crippen LogP contribution in [0, 0.1) is 11.7 Å². The molecule has 0 atom stereocenters. The molecule has 3 aromatic rings. The van der Waals surface area contributed by atoms with E-state index in [0.717, 1.165) is 42.5 Å². The number of aromatic nitrogens is 2. The highest BCUT2D eigenvalue weighted by Crippen LogP contribution is 2.40. The van der Waals surface area contributed by atoms with Crippen molar-refractivity contribution in [1.82, 2.24) is 9.97 Å². The van der Waals surface area contributed by atoms with Crippen molar-refractivity contribution in [2.45, 2.75) is 50.9 Å². The van der Waals surface area contributed by atoms with Gasteiger partial charge >= 0.3 is 0 Å². The van der Waals surface area contributed by atoms with Crippen LogP contribution in [-0.2, 0) is 6.42 Å². The number of H-pyrrole nitrogens is 2. The first-order chi connectivity index (χ1) is 13.6. The molecule has 3 nitrogen and oxygen atoms in total. The molecular formula is C24H26N2OS. The molecule has 1 aliphatic carbocycles. The van der Waals surface area contributed by atoms with E-state index in [0.29, 0.717) is 23.0 Å². The van der Waals surface area contributed by atoms with Gasteiger partial charge < -0.3 is 4.98 Å². The van der Waals surface area contributed by atoms with Gasteiger partial charge in [-0.2, -0.15) is 0 Å². The molecule has 2 aromatic carbocycles. The van der Waals surface area contributed by atoms with E-state index in [1.54, 1.807) is 0 Å². The SMILES string of the molecule is Cc1cccc(Cc2c(C3CCC(c4ccccc4)CC3)[nH]c(=S)[nH]c2=O)c1. The zero-order chi connectivity index (χ0) is 19.5. The second-order valence-electron chi connectivity index (χ2n) is 7.93. The summed E-state index contributed by atoms with van der Waals surface area (Å²) in [7, 11) is 0. The third-order valence-electron chi connectivity index (χ3n) is 5.94. The maximum atomic E-state index is 12.7. The number of aryl methyl sites for hydroxylation is 1. The number of hydrogen-bond donors (Lipinski definition) is 2. The van der Waals surface area contributed by atoms with Crippen molar-refractivity contribution in [3.8, 4) is 0 Å². The molecule has 0 spiro atoms. The van der Waals surface area contributed by atoms with Gasteiger partial charge in [-0.05, 0) is 67.8 Å². The molecule has 2 N–H and O–H groups in total. The van der Waals surface area contributed by atoms with Crippen LogP contribution < -0.4 is 5.56 Å². The van der Waals surface area contributed by atoms with Crippen molar-refractivity contribution in [1.29, 1.82) is 0 Å². The first-order valence-electron chi connectivity index (χ1n) is 10.1. The summed E-state index contributed by atoms with van der Waals surface area (Å²) in [5.41, 5.74) is 5.63. The lowest BCUT2D eigenvalue weighted by atomic mass is 9.76. The Bertz CT molecular complexity index is 1060. The van der Waals surface area contributed by atoms with E-state index in [2.05, 4.69) is 71.5 Å². The van der Waals surface area contributed by atoms with E-state index >= 15 is 0 Å². The molecule has 4 rings (SSSR count). The van der Waals surface area contributed by atoms with E-state index < -0.39 is 0 Å². The summed E-state index contributed by atoms with van der Waals surface area (Å²) in [6.07, 6.45) is 5.08. The van der Waals surface area contributed by atoms with Gasteiger partial charge in [-0.15, -0.1) is 0 Å². The molecule has 0 aliphatic heterocycles. The first-order valence-corrected chi connectivity index (χ1v) is 10.5. The van der Waals surface area contributed by atoms with Gasteiger partial charge in [0, 0.05) is 17.7 Å². The molecule has 0 bridgehead atoms. The van der Waals surface area contributed by atoms with Crippen molar-refractivity contribution in [2.75, 3.05) is 0 Å². The van der Waals surface area contributed by atoms with Gasteiger partial charge in [0.15, 0.2) is 4.77 Å². The third-order valence-corrected chi connectivity index (χ3v) is 6.15. The number of rotatable bonds is 4. The Kier molecular flexibility index (Phi) is 5.58. The Hall–Kier alpha value is -2.46. The summed E-state index contributed by atoms with van der Waals surface area (Å²) in [6.45, 7) is 2.08. The molecule has 0 radical (unpaired) electrons. The van der Waals surface area contributed by atoms with Gasteiger partial charge in [-0.1, -0.05) is 60.2 Å². The Balaban J connectivity index is 1.59. The largest absolute Gasteiger partial charge is 0.335 e. The lowest BCUT2D eigenvalue weighted by Crippen LogP contribution is -2.22. The van der Waals surface area contributed by atoms with Gasteiger partial charge in [-0.25, -0.2) is 0 Å². The zero-order valence-electron chi connectivity index (χ0n) is 16.2. The van der Waals surface area contributed by atoms with Crippen LogP contribution >= 0.6 is 12.2 Å². The molecule has 1 saturated carbocycles. The van der Waals surface area contributed by atoms with Crippen LogP contribution in [-0.4, -0.2) is 9.97 Å². The Morgan fingerprint density at radius 2 is 1.64 bits per heavy atom. The maximum absolute atomic E-state index is 12.7. The highest BCUT2D eigenvalue weighted by Gasteiger charge is 2.26. The highest BCUT2D eigenvalue weighted by molar-refractivity contribution is 7.71. The smallest absolute Gasteiger partial charge is 0.255 e. The molecule has 28 heavy (non-hydrogen) atoms. The van der Waals surface area contributed by atoms with E-state index in [1.807, 2.05) is 0 Å². The van der Waals surface area contributed by atoms with E-state index in [1.165, 1.54) is 11.1 Å². The van der Waals surface area contributed by atoms with Crippen LogP contribution in [0.25, 0.3) is 0 Å². The lowest BCUT2D eigenvalue weighted by Gasteiger charge is -2.29. The number of aromatic amines is 2. The summed E-state index contributed by atoms with van der Waals surface area (Å²) in [4.78, 5) is 18.9. The van der Waals surface area contributed by atoms with Gasteiger partial charge in [0.2, 0.25) is 0 Å². The fourth-order valence-electron chi connectivity index (χ4n) is 4.52. The summed E-state index contributed by atoms with van der Waals surface area (Å²) >= 11 is 5.29. The normalized spacial score (nSPS) is 19.5. The van der Waals surface area contributed by atoms with Gasteiger partial charge in [0.05, 0.1) is 0 Å². The molecule has 1 aromatic heterocycles. The molecule has 0 amide bonds. The van der Waals surface area contributed by atoms with Crippen LogP contribution in [0.1, 0.15) is 65.5 Å². The minimum Gasteiger partial charge on any atom is -0.335 e. The third kappa shape index (κ3) is 4.17. The van der Waals surface area contributed by atoms with Crippen molar-refractivity contribution < 1.29 is 0 Å². The van der Waals surface area contributed by atoms with Crippen LogP contribution in [0.5, 0.6) is 0 Å². The zero-order valence-corrected chi connectivity index (χ0v) is 17.0. The molecule has 0 saturated heterocycles. The van der Waals surface area contributed by atoms with Gasteiger partial charge in [0.25, 0.3) is 5.56 Å². The van der Waals surface area contributed by atoms with Crippen LogP contribution in [0.3, 0.4) is 0 Å².